The summed E-state index contributed by atoms with van der Waals surface area (Å²) in [7, 11) is 0. The molecule has 2 N–H and O–H groups in total. The highest BCUT2D eigenvalue weighted by molar-refractivity contribution is 5.89. The van der Waals surface area contributed by atoms with Crippen molar-refractivity contribution in [1.82, 2.24) is 10.2 Å². The summed E-state index contributed by atoms with van der Waals surface area (Å²) in [5.41, 5.74) is 2.77. The summed E-state index contributed by atoms with van der Waals surface area (Å²) in [6, 6.07) is 17.6. The molecule has 0 saturated carbocycles. The van der Waals surface area contributed by atoms with Crippen LogP contribution in [0, 0.1) is 11.6 Å². The minimum Gasteiger partial charge on any atom is -0.489 e. The molecule has 34 heavy (non-hydrogen) atoms. The van der Waals surface area contributed by atoms with Gasteiger partial charge in [0.25, 0.3) is 0 Å². The first kappa shape index (κ1) is 23.7. The van der Waals surface area contributed by atoms with E-state index in [1.165, 1.54) is 18.2 Å². The molecule has 1 heterocycles. The molecule has 178 valence electrons. The van der Waals surface area contributed by atoms with E-state index in [0.717, 1.165) is 38.4 Å². The van der Waals surface area contributed by atoms with E-state index in [9.17, 15) is 13.6 Å². The molecular formula is C26H27F2N3O3. The normalized spacial score (nSPS) is 13.9. The van der Waals surface area contributed by atoms with Crippen molar-refractivity contribution in [2.45, 2.75) is 6.54 Å². The van der Waals surface area contributed by atoms with Gasteiger partial charge in [0.1, 0.15) is 12.4 Å². The van der Waals surface area contributed by atoms with Gasteiger partial charge < -0.3 is 20.1 Å². The molecule has 1 fully saturated rings. The zero-order valence-electron chi connectivity index (χ0n) is 18.7. The van der Waals surface area contributed by atoms with Crippen LogP contribution in [0.15, 0.2) is 66.7 Å². The average Bonchev–Trinajstić information content (AvgIpc) is 2.85. The number of carbonyl (C=O) groups excluding carboxylic acids is 1. The number of hydrogen-bond donors (Lipinski definition) is 2. The first-order chi connectivity index (χ1) is 16.6. The van der Waals surface area contributed by atoms with Crippen molar-refractivity contribution in [2.75, 3.05) is 44.8 Å². The minimum atomic E-state index is -0.418. The molecule has 1 aliphatic heterocycles. The van der Waals surface area contributed by atoms with E-state index in [2.05, 4.69) is 15.5 Å². The molecule has 0 unspecified atom stereocenters. The Morgan fingerprint density at radius 3 is 2.47 bits per heavy atom. The van der Waals surface area contributed by atoms with Gasteiger partial charge in [0.15, 0.2) is 11.6 Å². The number of amides is 2. The van der Waals surface area contributed by atoms with Crippen LogP contribution >= 0.6 is 0 Å². The summed E-state index contributed by atoms with van der Waals surface area (Å²) >= 11 is 0. The van der Waals surface area contributed by atoms with Crippen molar-refractivity contribution < 1.29 is 23.0 Å². The molecule has 6 nitrogen and oxygen atoms in total. The molecule has 2 amide bonds. The van der Waals surface area contributed by atoms with Crippen LogP contribution in [0.2, 0.25) is 0 Å². The summed E-state index contributed by atoms with van der Waals surface area (Å²) in [6.45, 7) is 4.52. The van der Waals surface area contributed by atoms with Gasteiger partial charge in [-0.05, 0) is 53.1 Å². The van der Waals surface area contributed by atoms with E-state index in [0.29, 0.717) is 23.4 Å². The molecule has 0 radical (unpaired) electrons. The number of halogens is 2. The maximum Gasteiger partial charge on any atom is 0.319 e. The molecule has 3 aromatic carbocycles. The first-order valence-corrected chi connectivity index (χ1v) is 11.2. The number of benzene rings is 3. The Balaban J connectivity index is 1.27. The number of ether oxygens (including phenoxy) is 2. The van der Waals surface area contributed by atoms with E-state index in [1.54, 1.807) is 48.5 Å². The highest BCUT2D eigenvalue weighted by Gasteiger charge is 2.11. The summed E-state index contributed by atoms with van der Waals surface area (Å²) < 4.78 is 38.7. The third-order valence-electron chi connectivity index (χ3n) is 5.52. The number of urea groups is 1. The fourth-order valence-electron chi connectivity index (χ4n) is 3.66. The van der Waals surface area contributed by atoms with Crippen LogP contribution in [0.5, 0.6) is 5.75 Å². The lowest BCUT2D eigenvalue weighted by molar-refractivity contribution is 0.0320. The summed E-state index contributed by atoms with van der Waals surface area (Å²) in [5.74, 6) is -0.539. The lowest BCUT2D eigenvalue weighted by atomic mass is 10.0. The van der Waals surface area contributed by atoms with Gasteiger partial charge >= 0.3 is 6.03 Å². The number of rotatable bonds is 8. The van der Waals surface area contributed by atoms with Gasteiger partial charge in [-0.2, -0.15) is 0 Å². The maximum atomic E-state index is 14.6. The van der Waals surface area contributed by atoms with Crippen LogP contribution in [0.4, 0.5) is 19.3 Å². The lowest BCUT2D eigenvalue weighted by Crippen LogP contribution is -2.38. The van der Waals surface area contributed by atoms with E-state index < -0.39 is 11.8 Å². The Kier molecular flexibility index (Phi) is 8.06. The van der Waals surface area contributed by atoms with E-state index in [1.807, 2.05) is 0 Å². The predicted octanol–water partition coefficient (Wildman–Crippen LogP) is 4.66. The number of nitrogens with zero attached hydrogens (tertiary/aromatic N) is 1. The number of nitrogens with one attached hydrogen (secondary N) is 2. The Bertz CT molecular complexity index is 1100. The van der Waals surface area contributed by atoms with E-state index in [4.69, 9.17) is 9.47 Å². The Hall–Kier alpha value is -3.49. The second-order valence-electron chi connectivity index (χ2n) is 7.96. The van der Waals surface area contributed by atoms with Crippen molar-refractivity contribution in [2.24, 2.45) is 0 Å². The summed E-state index contributed by atoms with van der Waals surface area (Å²) in [5, 5.41) is 5.41. The molecule has 3 aromatic rings. The quantitative estimate of drug-likeness (QED) is 0.506. The molecule has 0 spiro atoms. The monoisotopic (exact) mass is 467 g/mol. The second-order valence-corrected chi connectivity index (χ2v) is 7.96. The Labute approximate surface area is 197 Å². The standard InChI is InChI=1S/C26H27F2N3O3/c27-22-3-1-2-19(16-22)18-29-26(32)30-23-7-4-20(5-8-23)21-6-9-25(24(28)17-21)34-15-12-31-10-13-33-14-11-31/h1-9,16-17H,10-15,18H2,(H2,29,30,32). The second kappa shape index (κ2) is 11.6. The molecule has 1 saturated heterocycles. The maximum absolute atomic E-state index is 14.6. The highest BCUT2D eigenvalue weighted by atomic mass is 19.1. The average molecular weight is 468 g/mol. The minimum absolute atomic E-state index is 0.210. The van der Waals surface area contributed by atoms with Crippen LogP contribution < -0.4 is 15.4 Å². The van der Waals surface area contributed by atoms with Gasteiger partial charge in [-0.3, -0.25) is 4.90 Å². The zero-order chi connectivity index (χ0) is 23.8. The van der Waals surface area contributed by atoms with Gasteiger partial charge in [0.2, 0.25) is 0 Å². The molecular weight excluding hydrogens is 440 g/mol. The number of anilines is 1. The van der Waals surface area contributed by atoms with E-state index >= 15 is 0 Å². The van der Waals surface area contributed by atoms with Crippen molar-refractivity contribution in [1.29, 1.82) is 0 Å². The molecule has 8 heteroatoms. The molecule has 0 atom stereocenters. The summed E-state index contributed by atoms with van der Waals surface area (Å²) in [6.07, 6.45) is 0. The van der Waals surface area contributed by atoms with Crippen molar-refractivity contribution >= 4 is 11.7 Å². The van der Waals surface area contributed by atoms with Crippen LogP contribution in [0.1, 0.15) is 5.56 Å². The molecule has 0 bridgehead atoms. The molecule has 0 aliphatic carbocycles. The third kappa shape index (κ3) is 6.76. The molecule has 4 rings (SSSR count). The third-order valence-corrected chi connectivity index (χ3v) is 5.52. The van der Waals surface area contributed by atoms with Crippen LogP contribution in [-0.2, 0) is 11.3 Å². The van der Waals surface area contributed by atoms with Gasteiger partial charge in [-0.15, -0.1) is 0 Å². The Morgan fingerprint density at radius 2 is 1.74 bits per heavy atom. The number of carbonyl (C=O) groups is 1. The van der Waals surface area contributed by atoms with Crippen LogP contribution in [-0.4, -0.2) is 50.4 Å². The lowest BCUT2D eigenvalue weighted by Gasteiger charge is -2.26. The van der Waals surface area contributed by atoms with Crippen molar-refractivity contribution in [3.8, 4) is 16.9 Å². The smallest absolute Gasteiger partial charge is 0.319 e. The number of morpholine rings is 1. The van der Waals surface area contributed by atoms with E-state index in [-0.39, 0.29) is 18.1 Å². The van der Waals surface area contributed by atoms with Crippen molar-refractivity contribution in [3.05, 3.63) is 83.9 Å². The summed E-state index contributed by atoms with van der Waals surface area (Å²) in [4.78, 5) is 14.3. The van der Waals surface area contributed by atoms with Crippen molar-refractivity contribution in [3.63, 3.8) is 0 Å². The molecule has 0 aromatic heterocycles. The zero-order valence-corrected chi connectivity index (χ0v) is 18.7. The van der Waals surface area contributed by atoms with Crippen LogP contribution in [0.25, 0.3) is 11.1 Å². The van der Waals surface area contributed by atoms with Crippen LogP contribution in [0.3, 0.4) is 0 Å². The van der Waals surface area contributed by atoms with Gasteiger partial charge in [0.05, 0.1) is 13.2 Å². The SMILES string of the molecule is O=C(NCc1cccc(F)c1)Nc1ccc(-c2ccc(OCCN3CCOCC3)c(F)c2)cc1. The van der Waals surface area contributed by atoms with Gasteiger partial charge in [-0.25, -0.2) is 13.6 Å². The predicted molar refractivity (Wildman–Crippen MR) is 127 cm³/mol. The molecule has 1 aliphatic rings. The van der Waals surface area contributed by atoms with Gasteiger partial charge in [0, 0.05) is 31.9 Å². The van der Waals surface area contributed by atoms with Gasteiger partial charge in [-0.1, -0.05) is 30.3 Å². The first-order valence-electron chi connectivity index (χ1n) is 11.2. The number of hydrogen-bond acceptors (Lipinski definition) is 4. The fourth-order valence-corrected chi connectivity index (χ4v) is 3.66. The topological polar surface area (TPSA) is 62.8 Å². The largest absolute Gasteiger partial charge is 0.489 e. The highest BCUT2D eigenvalue weighted by Crippen LogP contribution is 2.26. The Morgan fingerprint density at radius 1 is 0.971 bits per heavy atom. The fraction of sp³-hybridized carbons (Fsp3) is 0.269.